The van der Waals surface area contributed by atoms with E-state index in [1.165, 1.54) is 24.0 Å². The maximum absolute atomic E-state index is 12.2. The number of methoxy groups -OCH3 is 1. The highest BCUT2D eigenvalue weighted by molar-refractivity contribution is 5.84. The first-order valence-electron chi connectivity index (χ1n) is 9.18. The Bertz CT molecular complexity index is 1180. The zero-order valence-corrected chi connectivity index (χ0v) is 16.2. The minimum Gasteiger partial charge on any atom is -0.507 e. The van der Waals surface area contributed by atoms with Gasteiger partial charge in [-0.05, 0) is 12.1 Å². The predicted molar refractivity (Wildman–Crippen MR) is 107 cm³/mol. The minimum atomic E-state index is -1.43. The van der Waals surface area contributed by atoms with E-state index >= 15 is 0 Å². The molecule has 0 aliphatic carbocycles. The Labute approximate surface area is 174 Å². The second-order valence-corrected chi connectivity index (χ2v) is 6.73. The van der Waals surface area contributed by atoms with Gasteiger partial charge in [0.15, 0.2) is 17.4 Å². The Morgan fingerprint density at radius 1 is 1.39 bits per heavy atom. The summed E-state index contributed by atoms with van der Waals surface area (Å²) in [7, 11) is 1.47. The molecule has 0 radical (unpaired) electrons. The number of imidazole rings is 1. The first-order valence-corrected chi connectivity index (χ1v) is 9.18. The van der Waals surface area contributed by atoms with Gasteiger partial charge in [0.2, 0.25) is 5.95 Å². The number of hydrazone groups is 1. The van der Waals surface area contributed by atoms with Gasteiger partial charge in [-0.25, -0.2) is 15.4 Å². The number of hydrogen-bond donors (Lipinski definition) is 6. The minimum absolute atomic E-state index is 0.0155. The van der Waals surface area contributed by atoms with E-state index < -0.39 is 36.7 Å². The van der Waals surface area contributed by atoms with Crippen LogP contribution in [0.25, 0.3) is 11.2 Å². The molecule has 0 bridgehead atoms. The maximum atomic E-state index is 12.2. The third-order valence-corrected chi connectivity index (χ3v) is 4.86. The number of aliphatic hydroxyl groups excluding tert-OH is 3. The smallest absolute Gasteiger partial charge is 0.278 e. The normalized spacial score (nSPS) is 23.6. The molecule has 3 heterocycles. The van der Waals surface area contributed by atoms with Crippen molar-refractivity contribution in [3.8, 4) is 11.5 Å². The Morgan fingerprint density at radius 3 is 2.87 bits per heavy atom. The van der Waals surface area contributed by atoms with Crippen molar-refractivity contribution >= 4 is 23.3 Å². The molecule has 0 amide bonds. The molecular formula is C18H20N6O7. The zero-order chi connectivity index (χ0) is 22.1. The van der Waals surface area contributed by atoms with Crippen LogP contribution in [0.3, 0.4) is 0 Å². The van der Waals surface area contributed by atoms with Gasteiger partial charge in [0.05, 0.1) is 26.3 Å². The molecule has 4 atom stereocenters. The van der Waals surface area contributed by atoms with Crippen molar-refractivity contribution in [1.29, 1.82) is 0 Å². The van der Waals surface area contributed by atoms with Gasteiger partial charge in [-0.3, -0.25) is 9.36 Å². The first-order chi connectivity index (χ1) is 14.9. The molecule has 6 N–H and O–H groups in total. The standard InChI is InChI=1S/C18H20N6O7/c1-30-9-3-2-8(10(26)4-9)5-21-23-18-22-12-15(19-7-20-16(12)29)24(18)17-14(28)13(27)11(6-25)31-17/h2-5,7,11,13-14,17,25-28H,6H2,1H3,(H,22,23)(H,19,20,29)/b21-5-/t11-,13-,14-,17-/m1/s1. The number of aliphatic hydroxyl groups is 3. The SMILES string of the molecule is COc1ccc(/C=N\Nc2nc3c(=O)[nH]cnc3n2[C@@H]2O[C@H](CO)[C@@H](O)[C@H]2O)c(O)c1. The van der Waals surface area contributed by atoms with E-state index in [9.17, 15) is 25.2 Å². The molecule has 31 heavy (non-hydrogen) atoms. The summed E-state index contributed by atoms with van der Waals surface area (Å²) in [6, 6.07) is 4.64. The summed E-state index contributed by atoms with van der Waals surface area (Å²) in [5, 5.41) is 43.9. The highest BCUT2D eigenvalue weighted by Gasteiger charge is 2.45. The zero-order valence-electron chi connectivity index (χ0n) is 16.2. The molecule has 1 fully saturated rings. The number of phenols is 1. The summed E-state index contributed by atoms with van der Waals surface area (Å²) in [5.41, 5.74) is 2.50. The molecule has 13 heteroatoms. The van der Waals surface area contributed by atoms with E-state index in [0.717, 1.165) is 6.33 Å². The van der Waals surface area contributed by atoms with Crippen LogP contribution in [0.15, 0.2) is 34.4 Å². The van der Waals surface area contributed by atoms with E-state index in [1.807, 2.05) is 0 Å². The van der Waals surface area contributed by atoms with Crippen molar-refractivity contribution in [3.05, 3.63) is 40.4 Å². The first kappa shape index (κ1) is 20.7. The average molecular weight is 432 g/mol. The lowest BCUT2D eigenvalue weighted by molar-refractivity contribution is -0.0501. The number of aromatic nitrogens is 4. The van der Waals surface area contributed by atoms with Gasteiger partial charge < -0.3 is 34.9 Å². The van der Waals surface area contributed by atoms with E-state index in [0.29, 0.717) is 11.3 Å². The molecule has 2 aromatic heterocycles. The van der Waals surface area contributed by atoms with Crippen LogP contribution in [-0.4, -0.2) is 78.2 Å². The summed E-state index contributed by atoms with van der Waals surface area (Å²) in [6.45, 7) is -0.521. The molecule has 1 saturated heterocycles. The average Bonchev–Trinajstić information content (AvgIpc) is 3.27. The van der Waals surface area contributed by atoms with Crippen LogP contribution < -0.4 is 15.7 Å². The van der Waals surface area contributed by atoms with Crippen LogP contribution in [0.1, 0.15) is 11.8 Å². The largest absolute Gasteiger partial charge is 0.507 e. The lowest BCUT2D eigenvalue weighted by Gasteiger charge is -2.18. The summed E-state index contributed by atoms with van der Waals surface area (Å²) in [6.07, 6.45) is -2.54. The van der Waals surface area contributed by atoms with Gasteiger partial charge in [0.1, 0.15) is 29.8 Å². The Kier molecular flexibility index (Phi) is 5.56. The van der Waals surface area contributed by atoms with Crippen molar-refractivity contribution in [2.24, 2.45) is 5.10 Å². The van der Waals surface area contributed by atoms with Crippen LogP contribution in [0.2, 0.25) is 0 Å². The number of phenolic OH excluding ortho intramolecular Hbond substituents is 1. The van der Waals surface area contributed by atoms with Crippen LogP contribution in [0, 0.1) is 0 Å². The van der Waals surface area contributed by atoms with Crippen LogP contribution in [-0.2, 0) is 4.74 Å². The van der Waals surface area contributed by atoms with Gasteiger partial charge in [-0.15, -0.1) is 0 Å². The third kappa shape index (κ3) is 3.70. The molecule has 0 saturated carbocycles. The number of benzene rings is 1. The summed E-state index contributed by atoms with van der Waals surface area (Å²) < 4.78 is 11.8. The fraction of sp³-hybridized carbons (Fsp3) is 0.333. The molecule has 3 aromatic rings. The number of fused-ring (bicyclic) bond motifs is 1. The van der Waals surface area contributed by atoms with Gasteiger partial charge in [-0.2, -0.15) is 5.10 Å². The fourth-order valence-corrected chi connectivity index (χ4v) is 3.25. The summed E-state index contributed by atoms with van der Waals surface area (Å²) in [5.74, 6) is 0.386. The molecular weight excluding hydrogens is 412 g/mol. The molecule has 164 valence electrons. The van der Waals surface area contributed by atoms with Crippen LogP contribution in [0.4, 0.5) is 5.95 Å². The molecule has 1 aromatic carbocycles. The molecule has 0 spiro atoms. The Morgan fingerprint density at radius 2 is 2.19 bits per heavy atom. The van der Waals surface area contributed by atoms with Crippen molar-refractivity contribution in [2.75, 3.05) is 19.1 Å². The predicted octanol–water partition coefficient (Wildman–Crippen LogP) is -1.11. The number of nitrogens with zero attached hydrogens (tertiary/aromatic N) is 4. The number of aromatic amines is 1. The van der Waals surface area contributed by atoms with Gasteiger partial charge in [0.25, 0.3) is 5.56 Å². The van der Waals surface area contributed by atoms with E-state index in [2.05, 4.69) is 25.5 Å². The number of anilines is 1. The van der Waals surface area contributed by atoms with Crippen molar-refractivity contribution in [2.45, 2.75) is 24.5 Å². The van der Waals surface area contributed by atoms with Crippen LogP contribution >= 0.6 is 0 Å². The Hall–Kier alpha value is -3.52. The van der Waals surface area contributed by atoms with Crippen molar-refractivity contribution in [3.63, 3.8) is 0 Å². The molecule has 1 aliphatic rings. The van der Waals surface area contributed by atoms with Gasteiger partial charge in [-0.1, -0.05) is 0 Å². The van der Waals surface area contributed by atoms with E-state index in [1.54, 1.807) is 12.1 Å². The van der Waals surface area contributed by atoms with Gasteiger partial charge >= 0.3 is 0 Å². The number of nitrogens with one attached hydrogen (secondary N) is 2. The highest BCUT2D eigenvalue weighted by Crippen LogP contribution is 2.33. The van der Waals surface area contributed by atoms with Crippen molar-refractivity contribution < 1.29 is 29.9 Å². The molecule has 13 nitrogen and oxygen atoms in total. The number of rotatable bonds is 6. The number of hydrogen-bond acceptors (Lipinski definition) is 11. The monoisotopic (exact) mass is 432 g/mol. The van der Waals surface area contributed by atoms with E-state index in [-0.39, 0.29) is 22.9 Å². The lowest BCUT2D eigenvalue weighted by atomic mass is 10.1. The number of ether oxygens (including phenoxy) is 2. The lowest BCUT2D eigenvalue weighted by Crippen LogP contribution is -2.33. The summed E-state index contributed by atoms with van der Waals surface area (Å²) in [4.78, 5) is 22.8. The number of aromatic hydroxyl groups is 1. The molecule has 1 aliphatic heterocycles. The molecule has 4 rings (SSSR count). The Balaban J connectivity index is 1.70. The van der Waals surface area contributed by atoms with Gasteiger partial charge in [0, 0.05) is 11.6 Å². The second kappa shape index (κ2) is 8.31. The quantitative estimate of drug-likeness (QED) is 0.206. The third-order valence-electron chi connectivity index (χ3n) is 4.86. The fourth-order valence-electron chi connectivity index (χ4n) is 3.25. The summed E-state index contributed by atoms with van der Waals surface area (Å²) >= 11 is 0. The molecule has 0 unspecified atom stereocenters. The van der Waals surface area contributed by atoms with E-state index in [4.69, 9.17) is 9.47 Å². The highest BCUT2D eigenvalue weighted by atomic mass is 16.6. The second-order valence-electron chi connectivity index (χ2n) is 6.73. The maximum Gasteiger partial charge on any atom is 0.278 e. The van der Waals surface area contributed by atoms with Crippen molar-refractivity contribution in [1.82, 2.24) is 19.5 Å². The van der Waals surface area contributed by atoms with Crippen LogP contribution in [0.5, 0.6) is 11.5 Å². The topological polar surface area (TPSA) is 187 Å². The number of H-pyrrole nitrogens is 1.